The van der Waals surface area contributed by atoms with Gasteiger partial charge in [-0.15, -0.1) is 0 Å². The van der Waals surface area contributed by atoms with Gasteiger partial charge in [0.15, 0.2) is 0 Å². The largest absolute Gasteiger partial charge is 0.444 e. The van der Waals surface area contributed by atoms with Crippen LogP contribution in [0, 0.1) is 23.2 Å². The molecule has 4 heterocycles. The molecule has 0 aromatic carbocycles. The molecule has 1 saturated heterocycles. The van der Waals surface area contributed by atoms with Crippen LogP contribution in [0.2, 0.25) is 25.7 Å². The number of amides is 1. The minimum atomic E-state index is -1.14. The summed E-state index contributed by atoms with van der Waals surface area (Å²) in [6.07, 6.45) is 9.16. The molecule has 2 unspecified atom stereocenters. The van der Waals surface area contributed by atoms with E-state index in [9.17, 15) is 10.1 Å². The van der Waals surface area contributed by atoms with Crippen LogP contribution in [0.4, 0.5) is 4.79 Å². The Morgan fingerprint density at radius 1 is 1.20 bits per heavy atom. The minimum absolute atomic E-state index is 0.254. The van der Waals surface area contributed by atoms with Gasteiger partial charge in [0.05, 0.1) is 29.9 Å². The Morgan fingerprint density at radius 2 is 1.93 bits per heavy atom. The highest BCUT2D eigenvalue weighted by atomic mass is 28.3. The lowest BCUT2D eigenvalue weighted by molar-refractivity contribution is 0.0271. The molecule has 10 nitrogen and oxygen atoms in total. The molecule has 5 rings (SSSR count). The molecule has 0 N–H and O–H groups in total. The van der Waals surface area contributed by atoms with Crippen LogP contribution in [0.3, 0.4) is 0 Å². The zero-order chi connectivity index (χ0) is 28.7. The average Bonchev–Trinajstić information content (AvgIpc) is 3.62. The maximum Gasteiger partial charge on any atom is 0.410 e. The van der Waals surface area contributed by atoms with Crippen LogP contribution in [0.5, 0.6) is 0 Å². The number of hydrogen-bond donors (Lipinski definition) is 0. The van der Waals surface area contributed by atoms with Crippen molar-refractivity contribution in [1.29, 1.82) is 5.26 Å². The summed E-state index contributed by atoms with van der Waals surface area (Å²) in [7, 11) is -1.14. The van der Waals surface area contributed by atoms with Gasteiger partial charge in [0.25, 0.3) is 0 Å². The number of hydrogen-bond acceptors (Lipinski definition) is 7. The van der Waals surface area contributed by atoms with Crippen molar-refractivity contribution in [2.75, 3.05) is 19.7 Å². The molecular formula is C29H41N7O3Si. The van der Waals surface area contributed by atoms with Crippen LogP contribution in [-0.2, 0) is 21.7 Å². The number of nitriles is 1. The lowest BCUT2D eigenvalue weighted by Gasteiger charge is -2.30. The van der Waals surface area contributed by atoms with Crippen LogP contribution in [0.1, 0.15) is 40.0 Å². The summed E-state index contributed by atoms with van der Waals surface area (Å²) in [5, 5.41) is 15.5. The SMILES string of the molecule is CC(C)(C)OC(=O)N1CC2CC(CC#N)(n3cc(-c4ncnc5c4ccn5COCC[Si](C)(C)C)cn3)C[C@@H]2C1. The standard InChI is InChI=1S/C29H41N7O3Si/c1-28(2,3)39-27(37)35-16-21-13-29(8-9-30,14-22(21)17-35)36-18-23(15-33-36)25-24-7-10-34(26(24)32-19-31-25)20-38-11-12-40(4,5)6/h7,10,15,18-19,21-22H,8,11-14,16-17,20H2,1-6H3/t21-,22?,29?/m1/s1. The highest BCUT2D eigenvalue weighted by Crippen LogP contribution is 2.50. The smallest absolute Gasteiger partial charge is 0.410 e. The molecule has 11 heteroatoms. The summed E-state index contributed by atoms with van der Waals surface area (Å²) >= 11 is 0. The number of rotatable bonds is 8. The predicted molar refractivity (Wildman–Crippen MR) is 155 cm³/mol. The van der Waals surface area contributed by atoms with E-state index in [1.807, 2.05) is 59.6 Å². The quantitative estimate of drug-likeness (QED) is 0.263. The van der Waals surface area contributed by atoms with Crippen molar-refractivity contribution in [3.8, 4) is 17.3 Å². The molecule has 1 aliphatic heterocycles. The summed E-state index contributed by atoms with van der Waals surface area (Å²) in [4.78, 5) is 23.6. The summed E-state index contributed by atoms with van der Waals surface area (Å²) < 4.78 is 15.6. The first kappa shape index (κ1) is 28.3. The summed E-state index contributed by atoms with van der Waals surface area (Å²) in [5.41, 5.74) is 1.63. The maximum atomic E-state index is 12.6. The molecule has 1 aliphatic carbocycles. The van der Waals surface area contributed by atoms with E-state index in [2.05, 4.69) is 35.7 Å². The van der Waals surface area contributed by atoms with Crippen molar-refractivity contribution >= 4 is 25.2 Å². The molecular weight excluding hydrogens is 522 g/mol. The van der Waals surface area contributed by atoms with E-state index in [0.717, 1.165) is 47.8 Å². The van der Waals surface area contributed by atoms with Gasteiger partial charge in [0, 0.05) is 51.1 Å². The Bertz CT molecular complexity index is 1400. The number of aromatic nitrogens is 5. The highest BCUT2D eigenvalue weighted by Gasteiger charge is 2.52. The fraction of sp³-hybridized carbons (Fsp3) is 0.621. The van der Waals surface area contributed by atoms with Gasteiger partial charge in [-0.25, -0.2) is 14.8 Å². The third-order valence-electron chi connectivity index (χ3n) is 8.05. The zero-order valence-corrected chi connectivity index (χ0v) is 25.6. The van der Waals surface area contributed by atoms with E-state index in [-0.39, 0.29) is 6.09 Å². The number of fused-ring (bicyclic) bond motifs is 2. The Balaban J connectivity index is 1.32. The third kappa shape index (κ3) is 5.93. The minimum Gasteiger partial charge on any atom is -0.444 e. The number of nitrogens with zero attached hydrogens (tertiary/aromatic N) is 7. The van der Waals surface area contributed by atoms with Crippen molar-refractivity contribution < 1.29 is 14.3 Å². The van der Waals surface area contributed by atoms with E-state index in [0.29, 0.717) is 38.1 Å². The van der Waals surface area contributed by atoms with Gasteiger partial charge in [0.2, 0.25) is 0 Å². The lowest BCUT2D eigenvalue weighted by atomic mass is 9.92. The molecule has 1 saturated carbocycles. The molecule has 1 amide bonds. The van der Waals surface area contributed by atoms with Crippen LogP contribution >= 0.6 is 0 Å². The summed E-state index contributed by atoms with van der Waals surface area (Å²) in [6.45, 7) is 15.2. The molecule has 0 radical (unpaired) electrons. The van der Waals surface area contributed by atoms with E-state index in [1.54, 1.807) is 6.33 Å². The fourth-order valence-corrected chi connectivity index (χ4v) is 6.84. The van der Waals surface area contributed by atoms with E-state index < -0.39 is 19.2 Å². The lowest BCUT2D eigenvalue weighted by Crippen LogP contribution is -2.38. The van der Waals surface area contributed by atoms with E-state index in [4.69, 9.17) is 14.6 Å². The van der Waals surface area contributed by atoms with Crippen LogP contribution < -0.4 is 0 Å². The number of carbonyl (C=O) groups excluding carboxylic acids is 1. The van der Waals surface area contributed by atoms with Gasteiger partial charge < -0.3 is 18.9 Å². The fourth-order valence-electron chi connectivity index (χ4n) is 6.08. The third-order valence-corrected chi connectivity index (χ3v) is 9.75. The Kier molecular flexibility index (Phi) is 7.52. The van der Waals surface area contributed by atoms with Gasteiger partial charge >= 0.3 is 6.09 Å². The molecule has 2 fully saturated rings. The molecule has 3 atom stereocenters. The van der Waals surface area contributed by atoms with Gasteiger partial charge in [-0.2, -0.15) is 10.4 Å². The molecule has 214 valence electrons. The van der Waals surface area contributed by atoms with Crippen molar-refractivity contribution in [3.05, 3.63) is 31.0 Å². The van der Waals surface area contributed by atoms with Crippen LogP contribution in [0.25, 0.3) is 22.3 Å². The van der Waals surface area contributed by atoms with Crippen molar-refractivity contribution in [1.82, 2.24) is 29.2 Å². The summed E-state index contributed by atoms with van der Waals surface area (Å²) in [5.74, 6) is 0.628. The molecule has 0 spiro atoms. The second-order valence-electron chi connectivity index (χ2n) is 13.6. The zero-order valence-electron chi connectivity index (χ0n) is 24.6. The van der Waals surface area contributed by atoms with Crippen molar-refractivity contribution in [2.45, 2.75) is 83.6 Å². The average molecular weight is 564 g/mol. The first-order valence-corrected chi connectivity index (χ1v) is 17.9. The Hall–Kier alpha value is -3.23. The highest BCUT2D eigenvalue weighted by molar-refractivity contribution is 6.76. The maximum absolute atomic E-state index is 12.6. The van der Waals surface area contributed by atoms with Gasteiger partial charge in [-0.05, 0) is 57.6 Å². The molecule has 40 heavy (non-hydrogen) atoms. The first-order valence-electron chi connectivity index (χ1n) is 14.2. The molecule has 3 aromatic heterocycles. The molecule has 0 bridgehead atoms. The normalized spacial score (nSPS) is 23.0. The van der Waals surface area contributed by atoms with Crippen molar-refractivity contribution in [2.24, 2.45) is 11.8 Å². The van der Waals surface area contributed by atoms with Gasteiger partial charge in [0.1, 0.15) is 24.3 Å². The second kappa shape index (κ2) is 10.6. The van der Waals surface area contributed by atoms with E-state index in [1.165, 1.54) is 0 Å². The molecule has 3 aromatic rings. The number of likely N-dealkylation sites (tertiary alicyclic amines) is 1. The predicted octanol–water partition coefficient (Wildman–Crippen LogP) is 5.49. The Morgan fingerprint density at radius 3 is 2.58 bits per heavy atom. The van der Waals surface area contributed by atoms with Crippen LogP contribution in [-0.4, -0.2) is 68.7 Å². The van der Waals surface area contributed by atoms with E-state index >= 15 is 0 Å². The monoisotopic (exact) mass is 563 g/mol. The first-order chi connectivity index (χ1) is 18.9. The summed E-state index contributed by atoms with van der Waals surface area (Å²) in [6, 6.07) is 5.56. The van der Waals surface area contributed by atoms with Crippen LogP contribution in [0.15, 0.2) is 31.0 Å². The van der Waals surface area contributed by atoms with Gasteiger partial charge in [-0.3, -0.25) is 4.68 Å². The Labute approximate surface area is 237 Å². The topological polar surface area (TPSA) is 111 Å². The second-order valence-corrected chi connectivity index (χ2v) is 19.3. The number of ether oxygens (including phenoxy) is 2. The molecule has 2 aliphatic rings. The number of carbonyl (C=O) groups is 1. The van der Waals surface area contributed by atoms with Crippen molar-refractivity contribution in [3.63, 3.8) is 0 Å². The van der Waals surface area contributed by atoms with Gasteiger partial charge in [-0.1, -0.05) is 19.6 Å².